The number of hydrogen-bond donors (Lipinski definition) is 0. The van der Waals surface area contributed by atoms with Gasteiger partial charge in [-0.05, 0) is 37.6 Å². The maximum absolute atomic E-state index is 13.3. The van der Waals surface area contributed by atoms with Crippen LogP contribution in [0.2, 0.25) is 0 Å². The smallest absolute Gasteiger partial charge is 0.244 e. The number of hydrogen-bond acceptors (Lipinski definition) is 2. The lowest BCUT2D eigenvalue weighted by Gasteiger charge is -2.30. The molecule has 0 spiro atoms. The molecule has 110 valence electrons. The van der Waals surface area contributed by atoms with Gasteiger partial charge in [0.05, 0.1) is 5.52 Å². The van der Waals surface area contributed by atoms with Crippen LogP contribution >= 0.6 is 15.9 Å². The molecule has 6 heteroatoms. The molecule has 3 rings (SSSR count). The molecule has 0 saturated heterocycles. The molecule has 0 fully saturated rings. The van der Waals surface area contributed by atoms with Gasteiger partial charge in [0.15, 0.2) is 0 Å². The Bertz CT molecular complexity index is 882. The summed E-state index contributed by atoms with van der Waals surface area (Å²) in [6.45, 7) is 1.60. The number of halogens is 2. The van der Waals surface area contributed by atoms with Crippen molar-refractivity contribution in [1.29, 1.82) is 0 Å². The molecular weight excluding hydrogens is 357 g/mol. The molecule has 2 aromatic rings. The SMILES string of the molecule is CC1(S(=O)(=O)n2ccc3ccccc32)CC=C(F)C=C1Br. The lowest BCUT2D eigenvalue weighted by atomic mass is 10.0. The van der Waals surface area contributed by atoms with Crippen LogP contribution in [0.3, 0.4) is 0 Å². The third-order valence-electron chi connectivity index (χ3n) is 3.85. The minimum absolute atomic E-state index is 0.0881. The van der Waals surface area contributed by atoms with E-state index >= 15 is 0 Å². The van der Waals surface area contributed by atoms with Crippen molar-refractivity contribution >= 4 is 36.9 Å². The van der Waals surface area contributed by atoms with E-state index in [0.29, 0.717) is 10.00 Å². The highest BCUT2D eigenvalue weighted by Crippen LogP contribution is 2.40. The topological polar surface area (TPSA) is 39.1 Å². The van der Waals surface area contributed by atoms with E-state index in [2.05, 4.69) is 15.9 Å². The van der Waals surface area contributed by atoms with Crippen LogP contribution in [0.1, 0.15) is 13.3 Å². The van der Waals surface area contributed by atoms with Crippen LogP contribution < -0.4 is 0 Å². The molecule has 21 heavy (non-hydrogen) atoms. The summed E-state index contributed by atoms with van der Waals surface area (Å²) in [6, 6.07) is 9.02. The van der Waals surface area contributed by atoms with Crippen LogP contribution in [0.25, 0.3) is 10.9 Å². The van der Waals surface area contributed by atoms with Crippen molar-refractivity contribution in [3.63, 3.8) is 0 Å². The summed E-state index contributed by atoms with van der Waals surface area (Å²) in [4.78, 5) is 0. The summed E-state index contributed by atoms with van der Waals surface area (Å²) < 4.78 is 39.8. The van der Waals surface area contributed by atoms with Gasteiger partial charge in [0.1, 0.15) is 10.6 Å². The van der Waals surface area contributed by atoms with E-state index in [-0.39, 0.29) is 6.42 Å². The summed E-state index contributed by atoms with van der Waals surface area (Å²) in [5, 5.41) is 0.849. The zero-order valence-corrected chi connectivity index (χ0v) is 13.7. The van der Waals surface area contributed by atoms with Crippen molar-refractivity contribution in [3.8, 4) is 0 Å². The fraction of sp³-hybridized carbons (Fsp3) is 0.200. The quantitative estimate of drug-likeness (QED) is 0.798. The average Bonchev–Trinajstić information content (AvgIpc) is 2.87. The largest absolute Gasteiger partial charge is 0.249 e. The molecule has 1 aromatic heterocycles. The Morgan fingerprint density at radius 1 is 1.29 bits per heavy atom. The molecular formula is C15H13BrFNO2S. The fourth-order valence-corrected chi connectivity index (χ4v) is 5.11. The maximum atomic E-state index is 13.3. The molecule has 1 unspecified atom stereocenters. The first-order valence-corrected chi connectivity index (χ1v) is 8.64. The van der Waals surface area contributed by atoms with Crippen LogP contribution in [0.4, 0.5) is 4.39 Å². The monoisotopic (exact) mass is 369 g/mol. The molecule has 0 saturated carbocycles. The molecule has 1 aromatic carbocycles. The van der Waals surface area contributed by atoms with E-state index in [1.54, 1.807) is 31.3 Å². The first-order chi connectivity index (χ1) is 9.86. The van der Waals surface area contributed by atoms with Gasteiger partial charge in [-0.2, -0.15) is 0 Å². The number of aromatic nitrogens is 1. The van der Waals surface area contributed by atoms with E-state index in [1.807, 2.05) is 12.1 Å². The Kier molecular flexibility index (Phi) is 3.33. The summed E-state index contributed by atoms with van der Waals surface area (Å²) in [5.74, 6) is -0.424. The number of rotatable bonds is 2. The zero-order valence-electron chi connectivity index (χ0n) is 11.3. The van der Waals surface area contributed by atoms with Crippen molar-refractivity contribution in [2.24, 2.45) is 0 Å². The molecule has 1 aliphatic carbocycles. The highest BCUT2D eigenvalue weighted by atomic mass is 79.9. The van der Waals surface area contributed by atoms with E-state index in [9.17, 15) is 12.8 Å². The Morgan fingerprint density at radius 3 is 2.71 bits per heavy atom. The predicted molar refractivity (Wildman–Crippen MR) is 85.5 cm³/mol. The zero-order chi connectivity index (χ0) is 15.3. The van der Waals surface area contributed by atoms with Crippen molar-refractivity contribution in [2.45, 2.75) is 18.1 Å². The molecule has 0 N–H and O–H groups in total. The fourth-order valence-electron chi connectivity index (χ4n) is 2.44. The first kappa shape index (κ1) is 14.5. The van der Waals surface area contributed by atoms with Gasteiger partial charge in [0, 0.05) is 16.1 Å². The van der Waals surface area contributed by atoms with Crippen LogP contribution in [-0.4, -0.2) is 17.1 Å². The standard InChI is InChI=1S/C15H13BrFNO2S/c1-15(8-6-12(17)10-14(15)16)21(19,20)18-9-7-11-4-2-3-5-13(11)18/h2-7,9-10H,8H2,1H3. The van der Waals surface area contributed by atoms with Gasteiger partial charge >= 0.3 is 0 Å². The summed E-state index contributed by atoms with van der Waals surface area (Å²) in [6.07, 6.45) is 4.14. The third kappa shape index (κ3) is 2.08. The van der Waals surface area contributed by atoms with Crippen molar-refractivity contribution < 1.29 is 12.8 Å². The molecule has 0 radical (unpaired) electrons. The molecule has 0 aliphatic heterocycles. The Labute approximate surface area is 130 Å². The molecule has 1 heterocycles. The van der Waals surface area contributed by atoms with Gasteiger partial charge in [-0.15, -0.1) is 0 Å². The normalized spacial score (nSPS) is 23.0. The van der Waals surface area contributed by atoms with Gasteiger partial charge in [0.2, 0.25) is 10.0 Å². The van der Waals surface area contributed by atoms with Gasteiger partial charge in [-0.3, -0.25) is 0 Å². The third-order valence-corrected chi connectivity index (χ3v) is 7.58. The number of para-hydroxylation sites is 1. The summed E-state index contributed by atoms with van der Waals surface area (Å²) >= 11 is 3.22. The van der Waals surface area contributed by atoms with Crippen LogP contribution in [0.15, 0.2) is 59.0 Å². The van der Waals surface area contributed by atoms with Crippen LogP contribution in [0, 0.1) is 0 Å². The molecule has 3 nitrogen and oxygen atoms in total. The minimum atomic E-state index is -3.73. The van der Waals surface area contributed by atoms with Crippen molar-refractivity contribution in [1.82, 2.24) is 3.97 Å². The van der Waals surface area contributed by atoms with Crippen molar-refractivity contribution in [2.75, 3.05) is 0 Å². The Hall–Kier alpha value is -1.40. The summed E-state index contributed by atoms with van der Waals surface area (Å²) in [7, 11) is -3.73. The van der Waals surface area contributed by atoms with Crippen molar-refractivity contribution in [3.05, 3.63) is 59.0 Å². The van der Waals surface area contributed by atoms with Gasteiger partial charge in [-0.1, -0.05) is 34.1 Å². The molecule has 1 aliphatic rings. The van der Waals surface area contributed by atoms with Crippen LogP contribution in [0.5, 0.6) is 0 Å². The van der Waals surface area contributed by atoms with E-state index in [4.69, 9.17) is 0 Å². The Morgan fingerprint density at radius 2 is 2.00 bits per heavy atom. The predicted octanol–water partition coefficient (Wildman–Crippen LogP) is 4.11. The number of benzene rings is 1. The van der Waals surface area contributed by atoms with E-state index < -0.39 is 20.6 Å². The lowest BCUT2D eigenvalue weighted by Crippen LogP contribution is -2.40. The number of nitrogens with zero attached hydrogens (tertiary/aromatic N) is 1. The highest BCUT2D eigenvalue weighted by molar-refractivity contribution is 9.12. The van der Waals surface area contributed by atoms with Gasteiger partial charge < -0.3 is 0 Å². The highest BCUT2D eigenvalue weighted by Gasteiger charge is 2.44. The second-order valence-electron chi connectivity index (χ2n) is 5.19. The maximum Gasteiger partial charge on any atom is 0.249 e. The first-order valence-electron chi connectivity index (χ1n) is 6.41. The Balaban J connectivity index is 2.20. The van der Waals surface area contributed by atoms with E-state index in [0.717, 1.165) is 5.39 Å². The summed E-state index contributed by atoms with van der Waals surface area (Å²) in [5.41, 5.74) is 0.619. The van der Waals surface area contributed by atoms with Crippen LogP contribution in [-0.2, 0) is 10.0 Å². The van der Waals surface area contributed by atoms with E-state index in [1.165, 1.54) is 16.1 Å². The van der Waals surface area contributed by atoms with Gasteiger partial charge in [0.25, 0.3) is 0 Å². The minimum Gasteiger partial charge on any atom is -0.244 e. The molecule has 0 amide bonds. The molecule has 1 atom stereocenters. The average molecular weight is 370 g/mol. The second kappa shape index (κ2) is 4.81. The molecule has 0 bridgehead atoms. The van der Waals surface area contributed by atoms with Gasteiger partial charge in [-0.25, -0.2) is 16.8 Å². The number of fused-ring (bicyclic) bond motifs is 1. The number of allylic oxidation sites excluding steroid dienone is 3. The second-order valence-corrected chi connectivity index (χ2v) is 8.29. The lowest BCUT2D eigenvalue weighted by molar-refractivity contribution is 0.547.